The molecule has 25 heavy (non-hydrogen) atoms. The van der Waals surface area contributed by atoms with E-state index in [2.05, 4.69) is 4.98 Å². The highest BCUT2D eigenvalue weighted by molar-refractivity contribution is 8.19. The molecule has 1 aliphatic heterocycles. The monoisotopic (exact) mass is 374 g/mol. The standard InChI is InChI=1S/C18H18N2O3S2/c1-3-22-12-6-5-11(9-13(12)23-4-2)10-14-16(21)15(17(19)25-14)18-20-7-8-24-18/h5-10,15,19H,3-4H2,1-2H3/b14-10-,19-17?/t15-/m1/s1. The van der Waals surface area contributed by atoms with E-state index in [-0.39, 0.29) is 5.78 Å². The number of carbonyl (C=O) groups is 1. The van der Waals surface area contributed by atoms with Crippen molar-refractivity contribution >= 4 is 40.0 Å². The Balaban J connectivity index is 1.89. The highest BCUT2D eigenvalue weighted by atomic mass is 32.2. The summed E-state index contributed by atoms with van der Waals surface area (Å²) in [7, 11) is 0. The third-order valence-corrected chi connectivity index (χ3v) is 5.39. The number of Topliss-reactive ketones (excluding diaryl/α,β-unsaturated/α-hetero) is 1. The second kappa shape index (κ2) is 7.84. The number of thiazole rings is 1. The molecule has 0 radical (unpaired) electrons. The first-order valence-electron chi connectivity index (χ1n) is 7.95. The minimum absolute atomic E-state index is 0.0724. The second-order valence-corrected chi connectivity index (χ2v) is 7.22. The first-order chi connectivity index (χ1) is 12.1. The zero-order valence-corrected chi connectivity index (χ0v) is 15.6. The summed E-state index contributed by atoms with van der Waals surface area (Å²) in [5.74, 6) is 0.702. The number of allylic oxidation sites excluding steroid dienone is 1. The molecular formula is C18H18N2O3S2. The van der Waals surface area contributed by atoms with Gasteiger partial charge in [-0.05, 0) is 37.6 Å². The minimum atomic E-state index is -0.565. The maximum Gasteiger partial charge on any atom is 0.186 e. The summed E-state index contributed by atoms with van der Waals surface area (Å²) in [5, 5.41) is 10.9. The average molecular weight is 374 g/mol. The van der Waals surface area contributed by atoms with Gasteiger partial charge >= 0.3 is 0 Å². The van der Waals surface area contributed by atoms with Gasteiger partial charge in [0.1, 0.15) is 10.9 Å². The van der Waals surface area contributed by atoms with Gasteiger partial charge in [0.2, 0.25) is 0 Å². The van der Waals surface area contributed by atoms with Gasteiger partial charge in [0.05, 0.1) is 23.2 Å². The lowest BCUT2D eigenvalue weighted by atomic mass is 10.0. The Hall–Kier alpha value is -2.12. The molecule has 1 aliphatic rings. The van der Waals surface area contributed by atoms with Crippen molar-refractivity contribution in [3.63, 3.8) is 0 Å². The molecule has 0 bridgehead atoms. The molecule has 0 aliphatic carbocycles. The quantitative estimate of drug-likeness (QED) is 0.761. The first kappa shape index (κ1) is 17.7. The topological polar surface area (TPSA) is 72.3 Å². The predicted molar refractivity (Wildman–Crippen MR) is 102 cm³/mol. The van der Waals surface area contributed by atoms with Crippen LogP contribution in [0.3, 0.4) is 0 Å². The summed E-state index contributed by atoms with van der Waals surface area (Å²) in [5.41, 5.74) is 0.843. The zero-order valence-electron chi connectivity index (χ0n) is 13.9. The van der Waals surface area contributed by atoms with Crippen LogP contribution in [0.15, 0.2) is 34.7 Å². The number of hydrogen-bond acceptors (Lipinski definition) is 7. The molecule has 1 aromatic carbocycles. The van der Waals surface area contributed by atoms with Crippen molar-refractivity contribution in [2.75, 3.05) is 13.2 Å². The van der Waals surface area contributed by atoms with Crippen molar-refractivity contribution in [3.05, 3.63) is 45.3 Å². The fourth-order valence-corrected chi connectivity index (χ4v) is 4.31. The van der Waals surface area contributed by atoms with Crippen LogP contribution >= 0.6 is 23.1 Å². The summed E-state index contributed by atoms with van der Waals surface area (Å²) >= 11 is 2.60. The summed E-state index contributed by atoms with van der Waals surface area (Å²) < 4.78 is 11.2. The molecule has 1 aromatic heterocycles. The Morgan fingerprint density at radius 1 is 1.24 bits per heavy atom. The lowest BCUT2D eigenvalue weighted by molar-refractivity contribution is -0.114. The van der Waals surface area contributed by atoms with Gasteiger partial charge in [0, 0.05) is 11.6 Å². The molecule has 0 unspecified atom stereocenters. The molecule has 5 nitrogen and oxygen atoms in total. The van der Waals surface area contributed by atoms with Crippen LogP contribution in [0.5, 0.6) is 11.5 Å². The van der Waals surface area contributed by atoms with Gasteiger partial charge in [-0.2, -0.15) is 0 Å². The van der Waals surface area contributed by atoms with Crippen LogP contribution in [0, 0.1) is 5.41 Å². The molecule has 1 saturated heterocycles. The summed E-state index contributed by atoms with van der Waals surface area (Å²) in [6, 6.07) is 5.58. The molecule has 3 rings (SSSR count). The first-order valence-corrected chi connectivity index (χ1v) is 9.64. The van der Waals surface area contributed by atoms with Crippen LogP contribution in [0.1, 0.15) is 30.3 Å². The summed E-state index contributed by atoms with van der Waals surface area (Å²) in [6.07, 6.45) is 3.46. The van der Waals surface area contributed by atoms with E-state index in [1.807, 2.05) is 37.4 Å². The van der Waals surface area contributed by atoms with Gasteiger partial charge < -0.3 is 9.47 Å². The number of benzene rings is 1. The second-order valence-electron chi connectivity index (χ2n) is 5.21. The Morgan fingerprint density at radius 3 is 2.68 bits per heavy atom. The van der Waals surface area contributed by atoms with Gasteiger partial charge in [0.25, 0.3) is 0 Å². The van der Waals surface area contributed by atoms with Crippen LogP contribution in [0.2, 0.25) is 0 Å². The van der Waals surface area contributed by atoms with Crippen LogP contribution in [-0.2, 0) is 4.79 Å². The summed E-state index contributed by atoms with van der Waals surface area (Å²) in [6.45, 7) is 4.92. The molecule has 2 aromatic rings. The number of aromatic nitrogens is 1. The number of rotatable bonds is 6. The smallest absolute Gasteiger partial charge is 0.186 e. The van der Waals surface area contributed by atoms with Crippen LogP contribution in [0.4, 0.5) is 0 Å². The molecule has 2 heterocycles. The number of thioether (sulfide) groups is 1. The lowest BCUT2D eigenvalue weighted by Crippen LogP contribution is -2.11. The fraction of sp³-hybridized carbons (Fsp3) is 0.278. The number of carbonyl (C=O) groups excluding carboxylic acids is 1. The van der Waals surface area contributed by atoms with Gasteiger partial charge in [-0.1, -0.05) is 17.8 Å². The van der Waals surface area contributed by atoms with Gasteiger partial charge in [-0.25, -0.2) is 4.98 Å². The number of hydrogen-bond donors (Lipinski definition) is 1. The van der Waals surface area contributed by atoms with Gasteiger partial charge in [-0.3, -0.25) is 10.2 Å². The third kappa shape index (κ3) is 3.77. The predicted octanol–water partition coefficient (Wildman–Crippen LogP) is 4.36. The Bertz CT molecular complexity index is 816. The number of nitrogens with one attached hydrogen (secondary N) is 1. The van der Waals surface area contributed by atoms with E-state index in [1.54, 1.807) is 12.3 Å². The average Bonchev–Trinajstić information content (AvgIpc) is 3.19. The largest absolute Gasteiger partial charge is 0.490 e. The highest BCUT2D eigenvalue weighted by Gasteiger charge is 2.38. The molecule has 7 heteroatoms. The maximum atomic E-state index is 12.7. The number of ether oxygens (including phenoxy) is 2. The molecule has 0 saturated carbocycles. The molecular weight excluding hydrogens is 356 g/mol. The molecule has 0 spiro atoms. The Kier molecular flexibility index (Phi) is 5.55. The molecule has 130 valence electrons. The molecule has 0 amide bonds. The van der Waals surface area contributed by atoms with Crippen LogP contribution < -0.4 is 9.47 Å². The van der Waals surface area contributed by atoms with E-state index >= 15 is 0 Å². The van der Waals surface area contributed by atoms with Gasteiger partial charge in [-0.15, -0.1) is 11.3 Å². The minimum Gasteiger partial charge on any atom is -0.490 e. The zero-order chi connectivity index (χ0) is 17.8. The van der Waals surface area contributed by atoms with Gasteiger partial charge in [0.15, 0.2) is 17.3 Å². The molecule has 1 atom stereocenters. The van der Waals surface area contributed by atoms with E-state index in [9.17, 15) is 4.79 Å². The van der Waals surface area contributed by atoms with Crippen molar-refractivity contribution in [1.82, 2.24) is 4.98 Å². The SMILES string of the molecule is CCOc1ccc(/C=C2\SC(=N)[C@H](c3nccs3)C2=O)cc1OCC. The van der Waals surface area contributed by atoms with E-state index in [1.165, 1.54) is 23.1 Å². The van der Waals surface area contributed by atoms with Crippen LogP contribution in [0.25, 0.3) is 6.08 Å². The number of nitrogens with zero attached hydrogens (tertiary/aromatic N) is 1. The molecule has 1 N–H and O–H groups in total. The van der Waals surface area contributed by atoms with E-state index in [0.29, 0.717) is 39.7 Å². The Labute approximate surface area is 154 Å². The highest BCUT2D eigenvalue weighted by Crippen LogP contribution is 2.41. The van der Waals surface area contributed by atoms with E-state index in [4.69, 9.17) is 14.9 Å². The van der Waals surface area contributed by atoms with Crippen molar-refractivity contribution in [2.45, 2.75) is 19.8 Å². The maximum absolute atomic E-state index is 12.7. The number of ketones is 1. The Morgan fingerprint density at radius 2 is 2.00 bits per heavy atom. The van der Waals surface area contributed by atoms with Crippen molar-refractivity contribution in [3.8, 4) is 11.5 Å². The summed E-state index contributed by atoms with van der Waals surface area (Å²) in [4.78, 5) is 17.4. The fourth-order valence-electron chi connectivity index (χ4n) is 2.50. The van der Waals surface area contributed by atoms with Crippen molar-refractivity contribution in [1.29, 1.82) is 5.41 Å². The van der Waals surface area contributed by atoms with Crippen molar-refractivity contribution in [2.24, 2.45) is 0 Å². The van der Waals surface area contributed by atoms with E-state index < -0.39 is 5.92 Å². The van der Waals surface area contributed by atoms with E-state index in [0.717, 1.165) is 5.56 Å². The normalized spacial score (nSPS) is 18.8. The molecule has 1 fully saturated rings. The van der Waals surface area contributed by atoms with Crippen molar-refractivity contribution < 1.29 is 14.3 Å². The van der Waals surface area contributed by atoms with Crippen LogP contribution in [-0.4, -0.2) is 29.0 Å². The third-order valence-electron chi connectivity index (χ3n) is 3.55. The lowest BCUT2D eigenvalue weighted by Gasteiger charge is -2.11.